The number of carbonyl (C=O) groups is 3. The quantitative estimate of drug-likeness (QED) is 0.269. The highest BCUT2D eigenvalue weighted by Crippen LogP contribution is 2.44. The summed E-state index contributed by atoms with van der Waals surface area (Å²) in [5, 5.41) is 34.0. The summed E-state index contributed by atoms with van der Waals surface area (Å²) in [4.78, 5) is 39.2. The smallest absolute Gasteiger partial charge is 0.278 e. The van der Waals surface area contributed by atoms with Crippen LogP contribution in [0.1, 0.15) is 30.6 Å². The predicted octanol–water partition coefficient (Wildman–Crippen LogP) is 0.00280. The first kappa shape index (κ1) is 22.8. The summed E-state index contributed by atoms with van der Waals surface area (Å²) < 4.78 is 10.8. The Morgan fingerprint density at radius 3 is 2.52 bits per heavy atom. The second-order valence-corrected chi connectivity index (χ2v) is 7.42. The van der Waals surface area contributed by atoms with Gasteiger partial charge in [0, 0.05) is 18.2 Å². The van der Waals surface area contributed by atoms with E-state index in [1.54, 1.807) is 24.3 Å². The number of hydrogen-bond donors (Lipinski definition) is 4. The first-order valence-electron chi connectivity index (χ1n) is 9.80. The number of methoxy groups -OCH3 is 1. The van der Waals surface area contributed by atoms with Crippen LogP contribution in [0.4, 0.5) is 0 Å². The highest BCUT2D eigenvalue weighted by molar-refractivity contribution is 6.23. The lowest BCUT2D eigenvalue weighted by atomic mass is 9.85. The fourth-order valence-electron chi connectivity index (χ4n) is 3.81. The van der Waals surface area contributed by atoms with Gasteiger partial charge in [-0.05, 0) is 13.3 Å². The number of allylic oxidation sites excluding steroid dienone is 1. The van der Waals surface area contributed by atoms with Crippen LogP contribution in [-0.2, 0) is 19.1 Å². The summed E-state index contributed by atoms with van der Waals surface area (Å²) in [7, 11) is 1.11. The van der Waals surface area contributed by atoms with Crippen LogP contribution in [0.3, 0.4) is 0 Å². The minimum absolute atomic E-state index is 0.135. The molecule has 4 N–H and O–H groups in total. The number of ketones is 2. The van der Waals surface area contributed by atoms with Crippen molar-refractivity contribution < 1.29 is 39.2 Å². The SMILES string of the molecule is CC/C=C\[C@H](O)[C@H](O)C1=C(C)C(=O)C2(O1)C(=O)NC(OC)(C(=O)c1ccccc1)[C@@H]2O. The van der Waals surface area contributed by atoms with Gasteiger partial charge in [-0.15, -0.1) is 0 Å². The molecule has 31 heavy (non-hydrogen) atoms. The maximum Gasteiger partial charge on any atom is 0.278 e. The third kappa shape index (κ3) is 3.30. The Labute approximate surface area is 179 Å². The molecule has 0 bridgehead atoms. The van der Waals surface area contributed by atoms with Gasteiger partial charge in [0.05, 0.1) is 0 Å². The van der Waals surface area contributed by atoms with Gasteiger partial charge in [-0.25, -0.2) is 0 Å². The molecule has 1 spiro atoms. The number of aliphatic hydroxyl groups excluding tert-OH is 3. The number of nitrogens with one attached hydrogen (secondary N) is 1. The average Bonchev–Trinajstić information content (AvgIpc) is 3.18. The van der Waals surface area contributed by atoms with Crippen LogP contribution in [0.25, 0.3) is 0 Å². The lowest BCUT2D eigenvalue weighted by molar-refractivity contribution is -0.163. The maximum atomic E-state index is 13.1. The summed E-state index contributed by atoms with van der Waals surface area (Å²) in [6.45, 7) is 3.13. The van der Waals surface area contributed by atoms with E-state index in [1.165, 1.54) is 25.1 Å². The topological polar surface area (TPSA) is 142 Å². The molecular formula is C22H25NO8. The molecule has 1 aromatic rings. The number of benzene rings is 1. The maximum absolute atomic E-state index is 13.1. The van der Waals surface area contributed by atoms with Crippen molar-refractivity contribution in [2.75, 3.05) is 7.11 Å². The van der Waals surface area contributed by atoms with Gasteiger partial charge in [0.15, 0.2) is 6.10 Å². The largest absolute Gasteiger partial charge is 0.467 e. The van der Waals surface area contributed by atoms with Crippen molar-refractivity contribution in [1.82, 2.24) is 5.32 Å². The molecule has 166 valence electrons. The number of rotatable bonds is 7. The van der Waals surface area contributed by atoms with E-state index in [4.69, 9.17) is 9.47 Å². The molecule has 1 amide bonds. The summed E-state index contributed by atoms with van der Waals surface area (Å²) in [6.07, 6.45) is -1.60. The van der Waals surface area contributed by atoms with Crippen LogP contribution in [0.2, 0.25) is 0 Å². The third-order valence-electron chi connectivity index (χ3n) is 5.58. The standard InChI is InChI=1S/C22H25NO8/c1-4-5-11-14(24)15(25)16-12(2)17(26)21(31-16)19(28)22(30-3,23-20(21)29)18(27)13-9-7-6-8-10-13/h5-11,14-15,19,24-25,28H,4H2,1-3H3,(H,23,29)/b11-5-/t14-,15-,19+,21?,22?/m0/s1. The zero-order valence-corrected chi connectivity index (χ0v) is 17.4. The normalized spacial score (nSPS) is 30.1. The summed E-state index contributed by atoms with van der Waals surface area (Å²) in [5.74, 6) is -3.15. The van der Waals surface area contributed by atoms with Gasteiger partial charge in [-0.2, -0.15) is 0 Å². The number of Topliss-reactive ketones (excluding diaryl/α,β-unsaturated/α-hetero) is 2. The molecule has 2 unspecified atom stereocenters. The van der Waals surface area contributed by atoms with E-state index in [9.17, 15) is 29.7 Å². The highest BCUT2D eigenvalue weighted by atomic mass is 16.6. The molecule has 3 rings (SSSR count). The van der Waals surface area contributed by atoms with Gasteiger partial charge in [0.2, 0.25) is 17.3 Å². The highest BCUT2D eigenvalue weighted by Gasteiger charge is 2.74. The van der Waals surface area contributed by atoms with Crippen LogP contribution in [0.15, 0.2) is 53.8 Å². The Morgan fingerprint density at radius 2 is 1.94 bits per heavy atom. The van der Waals surface area contributed by atoms with Crippen molar-refractivity contribution >= 4 is 17.5 Å². The molecule has 1 saturated heterocycles. The molecule has 5 atom stereocenters. The molecule has 1 aromatic carbocycles. The first-order valence-corrected chi connectivity index (χ1v) is 9.80. The van der Waals surface area contributed by atoms with Gasteiger partial charge in [0.1, 0.15) is 18.0 Å². The average molecular weight is 431 g/mol. The molecule has 0 aromatic heterocycles. The molecule has 0 radical (unpaired) electrons. The fraction of sp³-hybridized carbons (Fsp3) is 0.409. The molecule has 2 aliphatic rings. The van der Waals surface area contributed by atoms with Gasteiger partial charge >= 0.3 is 0 Å². The molecule has 9 heteroatoms. The Bertz CT molecular complexity index is 956. The van der Waals surface area contributed by atoms with Crippen molar-refractivity contribution in [2.24, 2.45) is 0 Å². The monoisotopic (exact) mass is 431 g/mol. The molecule has 0 aliphatic carbocycles. The van der Waals surface area contributed by atoms with E-state index in [0.29, 0.717) is 6.42 Å². The van der Waals surface area contributed by atoms with Crippen LogP contribution >= 0.6 is 0 Å². The van der Waals surface area contributed by atoms with Crippen LogP contribution in [0.5, 0.6) is 0 Å². The first-order chi connectivity index (χ1) is 14.7. The lowest BCUT2D eigenvalue weighted by Gasteiger charge is -2.32. The van der Waals surface area contributed by atoms with Crippen LogP contribution in [0, 0.1) is 0 Å². The molecule has 0 saturated carbocycles. The molecular weight excluding hydrogens is 406 g/mol. The van der Waals surface area contributed by atoms with Crippen LogP contribution in [-0.4, -0.2) is 69.5 Å². The van der Waals surface area contributed by atoms with Crippen molar-refractivity contribution in [3.8, 4) is 0 Å². The van der Waals surface area contributed by atoms with Crippen molar-refractivity contribution in [2.45, 2.75) is 49.9 Å². The lowest BCUT2D eigenvalue weighted by Crippen LogP contribution is -2.60. The minimum Gasteiger partial charge on any atom is -0.467 e. The molecule has 2 aliphatic heterocycles. The third-order valence-corrected chi connectivity index (χ3v) is 5.58. The van der Waals surface area contributed by atoms with Gasteiger partial charge in [-0.1, -0.05) is 49.4 Å². The number of aliphatic hydroxyl groups is 3. The number of amides is 1. The van der Waals surface area contributed by atoms with E-state index in [1.807, 2.05) is 6.92 Å². The van der Waals surface area contributed by atoms with Crippen molar-refractivity contribution in [3.05, 3.63) is 59.4 Å². The fourth-order valence-corrected chi connectivity index (χ4v) is 3.81. The molecule has 1 fully saturated rings. The molecule has 9 nitrogen and oxygen atoms in total. The Hall–Kier alpha value is -2.85. The van der Waals surface area contributed by atoms with E-state index in [0.717, 1.165) is 7.11 Å². The zero-order chi connectivity index (χ0) is 23.0. The van der Waals surface area contributed by atoms with Crippen molar-refractivity contribution in [1.29, 1.82) is 0 Å². The van der Waals surface area contributed by atoms with Gasteiger partial charge in [-0.3, -0.25) is 14.4 Å². The van der Waals surface area contributed by atoms with E-state index in [2.05, 4.69) is 5.32 Å². The van der Waals surface area contributed by atoms with E-state index < -0.39 is 47.1 Å². The summed E-state index contributed by atoms with van der Waals surface area (Å²) in [6, 6.07) is 7.82. The van der Waals surface area contributed by atoms with Crippen molar-refractivity contribution in [3.63, 3.8) is 0 Å². The van der Waals surface area contributed by atoms with Gasteiger partial charge < -0.3 is 30.1 Å². The number of hydrogen-bond acceptors (Lipinski definition) is 8. The van der Waals surface area contributed by atoms with E-state index >= 15 is 0 Å². The molecule has 2 heterocycles. The number of carbonyl (C=O) groups excluding carboxylic acids is 3. The number of ether oxygens (including phenoxy) is 2. The summed E-state index contributed by atoms with van der Waals surface area (Å²) >= 11 is 0. The minimum atomic E-state index is -2.53. The predicted molar refractivity (Wildman–Crippen MR) is 108 cm³/mol. The van der Waals surface area contributed by atoms with E-state index in [-0.39, 0.29) is 16.9 Å². The van der Waals surface area contributed by atoms with Crippen LogP contribution < -0.4 is 5.32 Å². The Kier molecular flexibility index (Phi) is 6.15. The van der Waals surface area contributed by atoms with Gasteiger partial charge in [0.25, 0.3) is 11.5 Å². The Balaban J connectivity index is 1.99. The Morgan fingerprint density at radius 1 is 1.29 bits per heavy atom. The second kappa shape index (κ2) is 8.35. The summed E-state index contributed by atoms with van der Waals surface area (Å²) in [5.41, 5.74) is -4.83. The zero-order valence-electron chi connectivity index (χ0n) is 17.4. The second-order valence-electron chi connectivity index (χ2n) is 7.42.